The first-order chi connectivity index (χ1) is 10.1. The van der Waals surface area contributed by atoms with Crippen molar-refractivity contribution < 1.29 is 4.79 Å². The molecule has 0 spiro atoms. The number of nitrogens with one attached hydrogen (secondary N) is 1. The van der Waals surface area contributed by atoms with Gasteiger partial charge in [-0.05, 0) is 18.2 Å². The second-order valence-electron chi connectivity index (χ2n) is 4.42. The average Bonchev–Trinajstić information content (AvgIpc) is 3.07. The molecule has 2 heterocycles. The summed E-state index contributed by atoms with van der Waals surface area (Å²) >= 11 is 8.90. The summed E-state index contributed by atoms with van der Waals surface area (Å²) in [6.45, 7) is 0.542. The number of nitrogens with two attached hydrogens (primary N) is 1. The summed E-state index contributed by atoms with van der Waals surface area (Å²) < 4.78 is 0.921. The van der Waals surface area contributed by atoms with E-state index < -0.39 is 0 Å². The molecule has 3 aromatic rings. The van der Waals surface area contributed by atoms with Gasteiger partial charge in [-0.15, -0.1) is 22.7 Å². The molecule has 0 aliphatic heterocycles. The molecule has 4 nitrogen and oxygen atoms in total. The smallest absolute Gasteiger partial charge is 0.263 e. The van der Waals surface area contributed by atoms with Gasteiger partial charge in [0.25, 0.3) is 5.91 Å². The predicted molar refractivity (Wildman–Crippen MR) is 89.4 cm³/mol. The SMILES string of the molecule is Nc1c(C(=O)NCCc2nccs2)sc2cc(Cl)ccc12. The lowest BCUT2D eigenvalue weighted by atomic mass is 10.2. The van der Waals surface area contributed by atoms with Gasteiger partial charge in [-0.1, -0.05) is 11.6 Å². The maximum Gasteiger partial charge on any atom is 0.263 e. The van der Waals surface area contributed by atoms with Gasteiger partial charge in [-0.25, -0.2) is 4.98 Å². The van der Waals surface area contributed by atoms with E-state index in [2.05, 4.69) is 10.3 Å². The van der Waals surface area contributed by atoms with Crippen LogP contribution >= 0.6 is 34.3 Å². The highest BCUT2D eigenvalue weighted by molar-refractivity contribution is 7.21. The molecule has 0 saturated carbocycles. The van der Waals surface area contributed by atoms with E-state index in [1.165, 1.54) is 11.3 Å². The maximum atomic E-state index is 12.2. The summed E-state index contributed by atoms with van der Waals surface area (Å²) in [6, 6.07) is 5.44. The zero-order valence-electron chi connectivity index (χ0n) is 10.9. The van der Waals surface area contributed by atoms with Gasteiger partial charge in [-0.3, -0.25) is 4.79 Å². The van der Waals surface area contributed by atoms with Crippen molar-refractivity contribution in [1.29, 1.82) is 0 Å². The molecule has 3 N–H and O–H groups in total. The number of aromatic nitrogens is 1. The van der Waals surface area contributed by atoms with Gasteiger partial charge in [0.15, 0.2) is 0 Å². The lowest BCUT2D eigenvalue weighted by Crippen LogP contribution is -2.25. The maximum absolute atomic E-state index is 12.2. The molecule has 7 heteroatoms. The van der Waals surface area contributed by atoms with Crippen LogP contribution in [0.4, 0.5) is 5.69 Å². The summed E-state index contributed by atoms with van der Waals surface area (Å²) in [4.78, 5) is 16.9. The van der Waals surface area contributed by atoms with Gasteiger partial charge in [0, 0.05) is 39.7 Å². The zero-order valence-corrected chi connectivity index (χ0v) is 13.3. The summed E-state index contributed by atoms with van der Waals surface area (Å²) in [5.74, 6) is -0.152. The standard InChI is InChI=1S/C14H12ClN3OS2/c15-8-1-2-9-10(7-8)21-13(12(9)16)14(19)18-4-3-11-17-5-6-20-11/h1-2,5-7H,3-4,16H2,(H,18,19). The number of carbonyl (C=O) groups excluding carboxylic acids is 1. The largest absolute Gasteiger partial charge is 0.397 e. The van der Waals surface area contributed by atoms with E-state index in [0.29, 0.717) is 22.1 Å². The fourth-order valence-corrected chi connectivity index (χ4v) is 3.93. The van der Waals surface area contributed by atoms with Crippen LogP contribution in [0.2, 0.25) is 5.02 Å². The Morgan fingerprint density at radius 3 is 3.05 bits per heavy atom. The topological polar surface area (TPSA) is 68.0 Å². The number of thiophene rings is 1. The van der Waals surface area contributed by atoms with Crippen molar-refractivity contribution in [2.24, 2.45) is 0 Å². The van der Waals surface area contributed by atoms with E-state index >= 15 is 0 Å². The number of nitrogen functional groups attached to an aromatic ring is 1. The number of rotatable bonds is 4. The molecule has 0 fully saturated rings. The minimum Gasteiger partial charge on any atom is -0.397 e. The van der Waals surface area contributed by atoms with Crippen LogP contribution in [0.15, 0.2) is 29.8 Å². The number of thiazole rings is 1. The number of fused-ring (bicyclic) bond motifs is 1. The van der Waals surface area contributed by atoms with E-state index in [0.717, 1.165) is 21.5 Å². The van der Waals surface area contributed by atoms with Crippen molar-refractivity contribution in [3.05, 3.63) is 44.7 Å². The Bertz CT molecular complexity index is 783. The molecule has 0 atom stereocenters. The van der Waals surface area contributed by atoms with E-state index in [-0.39, 0.29) is 5.91 Å². The van der Waals surface area contributed by atoms with Crippen LogP contribution < -0.4 is 11.1 Å². The van der Waals surface area contributed by atoms with Crippen molar-refractivity contribution in [3.8, 4) is 0 Å². The van der Waals surface area contributed by atoms with E-state index in [1.807, 2.05) is 17.5 Å². The molecule has 108 valence electrons. The number of hydrogen-bond acceptors (Lipinski definition) is 5. The van der Waals surface area contributed by atoms with Crippen molar-refractivity contribution in [2.75, 3.05) is 12.3 Å². The van der Waals surface area contributed by atoms with Gasteiger partial charge in [0.2, 0.25) is 0 Å². The minimum absolute atomic E-state index is 0.152. The first-order valence-corrected chi connectivity index (χ1v) is 8.36. The quantitative estimate of drug-likeness (QED) is 0.764. The molecule has 1 amide bonds. The van der Waals surface area contributed by atoms with Crippen molar-refractivity contribution in [3.63, 3.8) is 0 Å². The Balaban J connectivity index is 1.73. The normalized spacial score (nSPS) is 10.9. The third-order valence-corrected chi connectivity index (χ3v) is 5.25. The molecule has 0 aliphatic rings. The Labute approximate surface area is 134 Å². The Morgan fingerprint density at radius 1 is 1.43 bits per heavy atom. The first-order valence-electron chi connectivity index (χ1n) is 6.29. The number of amides is 1. The van der Waals surface area contributed by atoms with Gasteiger partial charge < -0.3 is 11.1 Å². The van der Waals surface area contributed by atoms with Crippen LogP contribution in [0.5, 0.6) is 0 Å². The van der Waals surface area contributed by atoms with Crippen LogP contribution in [0.3, 0.4) is 0 Å². The number of anilines is 1. The molecule has 0 unspecified atom stereocenters. The molecule has 0 bridgehead atoms. The highest BCUT2D eigenvalue weighted by Gasteiger charge is 2.16. The number of halogens is 1. The number of nitrogens with zero attached hydrogens (tertiary/aromatic N) is 1. The van der Waals surface area contributed by atoms with Crippen molar-refractivity contribution in [2.45, 2.75) is 6.42 Å². The lowest BCUT2D eigenvalue weighted by Gasteiger charge is -2.02. The molecule has 3 rings (SSSR count). The van der Waals surface area contributed by atoms with Gasteiger partial charge in [0.05, 0.1) is 10.7 Å². The van der Waals surface area contributed by atoms with Crippen LogP contribution in [-0.4, -0.2) is 17.4 Å². The highest BCUT2D eigenvalue weighted by atomic mass is 35.5. The third-order valence-electron chi connectivity index (χ3n) is 3.00. The van der Waals surface area contributed by atoms with E-state index in [9.17, 15) is 4.79 Å². The monoisotopic (exact) mass is 337 g/mol. The Hall–Kier alpha value is -1.63. The van der Waals surface area contributed by atoms with Crippen LogP contribution in [-0.2, 0) is 6.42 Å². The molecule has 2 aromatic heterocycles. The Kier molecular flexibility index (Phi) is 4.10. The minimum atomic E-state index is -0.152. The number of benzene rings is 1. The second kappa shape index (κ2) is 6.01. The van der Waals surface area contributed by atoms with Crippen LogP contribution in [0.1, 0.15) is 14.7 Å². The molecular weight excluding hydrogens is 326 g/mol. The highest BCUT2D eigenvalue weighted by Crippen LogP contribution is 2.35. The van der Waals surface area contributed by atoms with Gasteiger partial charge in [0.1, 0.15) is 4.88 Å². The van der Waals surface area contributed by atoms with Gasteiger partial charge >= 0.3 is 0 Å². The van der Waals surface area contributed by atoms with E-state index in [4.69, 9.17) is 17.3 Å². The summed E-state index contributed by atoms with van der Waals surface area (Å²) in [7, 11) is 0. The average molecular weight is 338 g/mol. The zero-order chi connectivity index (χ0) is 14.8. The van der Waals surface area contributed by atoms with Crippen molar-refractivity contribution in [1.82, 2.24) is 10.3 Å². The molecule has 1 aromatic carbocycles. The lowest BCUT2D eigenvalue weighted by molar-refractivity contribution is 0.0959. The third kappa shape index (κ3) is 3.02. The summed E-state index contributed by atoms with van der Waals surface area (Å²) in [6.07, 6.45) is 2.48. The second-order valence-corrected chi connectivity index (χ2v) is 6.88. The van der Waals surface area contributed by atoms with Crippen LogP contribution in [0, 0.1) is 0 Å². The molecule has 0 radical (unpaired) electrons. The fourth-order valence-electron chi connectivity index (χ4n) is 2.00. The van der Waals surface area contributed by atoms with Crippen LogP contribution in [0.25, 0.3) is 10.1 Å². The number of carbonyl (C=O) groups is 1. The molecular formula is C14H12ClN3OS2. The fraction of sp³-hybridized carbons (Fsp3) is 0.143. The molecule has 0 saturated heterocycles. The molecule has 21 heavy (non-hydrogen) atoms. The predicted octanol–water partition coefficient (Wildman–Crippen LogP) is 3.57. The first kappa shape index (κ1) is 14.3. The molecule has 0 aliphatic carbocycles. The van der Waals surface area contributed by atoms with Gasteiger partial charge in [-0.2, -0.15) is 0 Å². The summed E-state index contributed by atoms with van der Waals surface area (Å²) in [5.41, 5.74) is 6.56. The Morgan fingerprint density at radius 2 is 2.29 bits per heavy atom. The van der Waals surface area contributed by atoms with Crippen molar-refractivity contribution >= 4 is 56.0 Å². The van der Waals surface area contributed by atoms with E-state index in [1.54, 1.807) is 23.6 Å². The number of hydrogen-bond donors (Lipinski definition) is 2. The summed E-state index contributed by atoms with van der Waals surface area (Å²) in [5, 5.41) is 7.31.